The molecule has 8 heteroatoms. The molecule has 0 spiro atoms. The van der Waals surface area contributed by atoms with Crippen LogP contribution in [0.4, 0.5) is 6.01 Å². The first kappa shape index (κ1) is 20.0. The molecule has 3 rings (SSSR count). The maximum atomic E-state index is 12.3. The molecule has 0 saturated carbocycles. The minimum absolute atomic E-state index is 0.0403. The van der Waals surface area contributed by atoms with Crippen LogP contribution in [0.15, 0.2) is 22.7 Å². The lowest BCUT2D eigenvalue weighted by atomic mass is 9.96. The van der Waals surface area contributed by atoms with Crippen molar-refractivity contribution in [3.05, 3.63) is 18.2 Å². The Hall–Kier alpha value is -2.77. The molecule has 1 saturated heterocycles. The van der Waals surface area contributed by atoms with E-state index in [9.17, 15) is 4.79 Å². The fraction of sp³-hybridized carbons (Fsp3) is 0.550. The minimum atomic E-state index is 0.0403. The third-order valence-corrected chi connectivity index (χ3v) is 5.19. The van der Waals surface area contributed by atoms with Crippen molar-refractivity contribution < 1.29 is 18.8 Å². The standard InChI is InChI=1S/C20H28N4O4/c1-5-13(2)21-19(25)14-8-10-24(11-9-14)20-22-18(23-28-20)15-6-7-16(26-3)17(12-15)27-4/h6-7,12-14H,5,8-11H2,1-4H3,(H,21,25). The molecule has 2 heterocycles. The predicted molar refractivity (Wildman–Crippen MR) is 106 cm³/mol. The van der Waals surface area contributed by atoms with Gasteiger partial charge in [-0.1, -0.05) is 12.1 Å². The van der Waals surface area contributed by atoms with Crippen molar-refractivity contribution >= 4 is 11.9 Å². The van der Waals surface area contributed by atoms with E-state index in [0.29, 0.717) is 36.4 Å². The number of nitrogens with one attached hydrogen (secondary N) is 1. The first-order valence-electron chi connectivity index (χ1n) is 9.67. The molecule has 1 fully saturated rings. The molecule has 0 radical (unpaired) electrons. The van der Waals surface area contributed by atoms with Crippen LogP contribution in [-0.4, -0.2) is 49.4 Å². The molecule has 1 unspecified atom stereocenters. The van der Waals surface area contributed by atoms with Crippen LogP contribution in [0.2, 0.25) is 0 Å². The van der Waals surface area contributed by atoms with Gasteiger partial charge < -0.3 is 24.2 Å². The summed E-state index contributed by atoms with van der Waals surface area (Å²) in [5.74, 6) is 1.93. The Morgan fingerprint density at radius 1 is 1.29 bits per heavy atom. The average molecular weight is 388 g/mol. The lowest BCUT2D eigenvalue weighted by Crippen LogP contribution is -2.43. The summed E-state index contributed by atoms with van der Waals surface area (Å²) in [5.41, 5.74) is 0.787. The van der Waals surface area contributed by atoms with Crippen LogP contribution in [0.25, 0.3) is 11.4 Å². The quantitative estimate of drug-likeness (QED) is 0.780. The highest BCUT2D eigenvalue weighted by atomic mass is 16.5. The average Bonchev–Trinajstić information content (AvgIpc) is 3.23. The van der Waals surface area contributed by atoms with Gasteiger partial charge in [-0.3, -0.25) is 4.79 Å². The van der Waals surface area contributed by atoms with E-state index in [0.717, 1.165) is 24.8 Å². The van der Waals surface area contributed by atoms with Gasteiger partial charge >= 0.3 is 6.01 Å². The van der Waals surface area contributed by atoms with E-state index >= 15 is 0 Å². The molecule has 0 bridgehead atoms. The number of piperidine rings is 1. The van der Waals surface area contributed by atoms with Gasteiger partial charge in [-0.05, 0) is 44.4 Å². The molecule has 1 N–H and O–H groups in total. The van der Waals surface area contributed by atoms with Crippen molar-refractivity contribution in [1.29, 1.82) is 0 Å². The Morgan fingerprint density at radius 2 is 2.00 bits per heavy atom. The second-order valence-electron chi connectivity index (χ2n) is 7.05. The fourth-order valence-electron chi connectivity index (χ4n) is 3.23. The van der Waals surface area contributed by atoms with E-state index in [-0.39, 0.29) is 17.9 Å². The fourth-order valence-corrected chi connectivity index (χ4v) is 3.23. The number of hydrogen-bond donors (Lipinski definition) is 1. The van der Waals surface area contributed by atoms with Gasteiger partial charge in [-0.15, -0.1) is 0 Å². The molecule has 1 atom stereocenters. The number of rotatable bonds is 7. The molecule has 0 aliphatic carbocycles. The summed E-state index contributed by atoms with van der Waals surface area (Å²) in [4.78, 5) is 18.9. The van der Waals surface area contributed by atoms with Crippen molar-refractivity contribution in [3.63, 3.8) is 0 Å². The lowest BCUT2D eigenvalue weighted by molar-refractivity contribution is -0.126. The maximum Gasteiger partial charge on any atom is 0.324 e. The minimum Gasteiger partial charge on any atom is -0.493 e. The van der Waals surface area contributed by atoms with Crippen LogP contribution in [0.5, 0.6) is 11.5 Å². The van der Waals surface area contributed by atoms with E-state index < -0.39 is 0 Å². The molecule has 1 aromatic heterocycles. The van der Waals surface area contributed by atoms with E-state index in [4.69, 9.17) is 14.0 Å². The highest BCUT2D eigenvalue weighted by molar-refractivity contribution is 5.79. The zero-order chi connectivity index (χ0) is 20.1. The number of amides is 1. The normalized spacial score (nSPS) is 15.9. The predicted octanol–water partition coefficient (Wildman–Crippen LogP) is 2.88. The highest BCUT2D eigenvalue weighted by Crippen LogP contribution is 2.32. The largest absolute Gasteiger partial charge is 0.493 e. The van der Waals surface area contributed by atoms with Crippen molar-refractivity contribution in [1.82, 2.24) is 15.5 Å². The van der Waals surface area contributed by atoms with Crippen molar-refractivity contribution in [3.8, 4) is 22.9 Å². The van der Waals surface area contributed by atoms with Crippen LogP contribution in [-0.2, 0) is 4.79 Å². The van der Waals surface area contributed by atoms with Gasteiger partial charge in [0, 0.05) is 30.6 Å². The van der Waals surface area contributed by atoms with Gasteiger partial charge in [0.15, 0.2) is 11.5 Å². The second kappa shape index (κ2) is 8.95. The van der Waals surface area contributed by atoms with Gasteiger partial charge in [-0.25, -0.2) is 0 Å². The summed E-state index contributed by atoms with van der Waals surface area (Å²) in [5, 5.41) is 7.16. The number of benzene rings is 1. The molecule has 8 nitrogen and oxygen atoms in total. The number of ether oxygens (including phenoxy) is 2. The van der Waals surface area contributed by atoms with Gasteiger partial charge in [0.05, 0.1) is 14.2 Å². The van der Waals surface area contributed by atoms with Crippen LogP contribution in [0.3, 0.4) is 0 Å². The smallest absolute Gasteiger partial charge is 0.324 e. The third kappa shape index (κ3) is 4.37. The monoisotopic (exact) mass is 388 g/mol. The molecule has 1 aromatic carbocycles. The van der Waals surface area contributed by atoms with E-state index in [2.05, 4.69) is 22.4 Å². The summed E-state index contributed by atoms with van der Waals surface area (Å²) < 4.78 is 16.0. The number of carbonyl (C=O) groups excluding carboxylic acids is 1. The number of hydrogen-bond acceptors (Lipinski definition) is 7. The molecule has 2 aromatic rings. The molecule has 1 aliphatic heterocycles. The van der Waals surface area contributed by atoms with Crippen molar-refractivity contribution in [2.45, 2.75) is 39.2 Å². The topological polar surface area (TPSA) is 89.7 Å². The number of anilines is 1. The highest BCUT2D eigenvalue weighted by Gasteiger charge is 2.28. The Kier molecular flexibility index (Phi) is 6.38. The first-order valence-corrected chi connectivity index (χ1v) is 9.67. The number of nitrogens with zero attached hydrogens (tertiary/aromatic N) is 3. The van der Waals surface area contributed by atoms with Crippen LogP contribution >= 0.6 is 0 Å². The van der Waals surface area contributed by atoms with Crippen molar-refractivity contribution in [2.75, 3.05) is 32.2 Å². The summed E-state index contributed by atoms with van der Waals surface area (Å²) in [7, 11) is 3.18. The molecular formula is C20H28N4O4. The third-order valence-electron chi connectivity index (χ3n) is 5.19. The molecule has 1 aliphatic rings. The number of aromatic nitrogens is 2. The van der Waals surface area contributed by atoms with Crippen LogP contribution < -0.4 is 19.7 Å². The van der Waals surface area contributed by atoms with E-state index in [1.165, 1.54) is 0 Å². The summed E-state index contributed by atoms with van der Waals surface area (Å²) in [6.45, 7) is 5.53. The number of carbonyl (C=O) groups is 1. The van der Waals surface area contributed by atoms with Crippen molar-refractivity contribution in [2.24, 2.45) is 5.92 Å². The van der Waals surface area contributed by atoms with Crippen LogP contribution in [0, 0.1) is 5.92 Å². The molecule has 28 heavy (non-hydrogen) atoms. The summed E-state index contributed by atoms with van der Waals surface area (Å²) >= 11 is 0. The van der Waals surface area contributed by atoms with E-state index in [1.807, 2.05) is 30.0 Å². The lowest BCUT2D eigenvalue weighted by Gasteiger charge is -2.30. The SMILES string of the molecule is CCC(C)NC(=O)C1CCN(c2nc(-c3ccc(OC)c(OC)c3)no2)CC1. The van der Waals surface area contributed by atoms with Crippen LogP contribution in [0.1, 0.15) is 33.1 Å². The molecule has 1 amide bonds. The first-order chi connectivity index (χ1) is 13.5. The zero-order valence-electron chi connectivity index (χ0n) is 16.9. The summed E-state index contributed by atoms with van der Waals surface area (Å²) in [6, 6.07) is 6.18. The zero-order valence-corrected chi connectivity index (χ0v) is 16.9. The Bertz CT molecular complexity index is 799. The maximum absolute atomic E-state index is 12.3. The Balaban J connectivity index is 1.63. The van der Waals surface area contributed by atoms with E-state index in [1.54, 1.807) is 14.2 Å². The van der Waals surface area contributed by atoms with Gasteiger partial charge in [0.25, 0.3) is 0 Å². The van der Waals surface area contributed by atoms with Gasteiger partial charge in [0.2, 0.25) is 11.7 Å². The number of methoxy groups -OCH3 is 2. The molecular weight excluding hydrogens is 360 g/mol. The Morgan fingerprint density at radius 3 is 2.64 bits per heavy atom. The summed E-state index contributed by atoms with van der Waals surface area (Å²) in [6.07, 6.45) is 2.48. The van der Waals surface area contributed by atoms with Gasteiger partial charge in [0.1, 0.15) is 0 Å². The Labute approximate surface area is 165 Å². The second-order valence-corrected chi connectivity index (χ2v) is 7.05. The molecule has 152 valence electrons. The van der Waals surface area contributed by atoms with Gasteiger partial charge in [-0.2, -0.15) is 4.98 Å².